The quantitative estimate of drug-likeness (QED) is 0.736. The molecule has 0 aliphatic rings. The molecule has 106 valence electrons. The highest BCUT2D eigenvalue weighted by molar-refractivity contribution is 14.1. The average Bonchev–Trinajstić information content (AvgIpc) is 2.46. The van der Waals surface area contributed by atoms with Crippen LogP contribution in [-0.2, 0) is 0 Å². The van der Waals surface area contributed by atoms with Crippen molar-refractivity contribution in [3.63, 3.8) is 0 Å². The van der Waals surface area contributed by atoms with E-state index in [4.69, 9.17) is 16.3 Å². The Kier molecular flexibility index (Phi) is 5.69. The Morgan fingerprint density at radius 1 is 1.20 bits per heavy atom. The average molecular weight is 402 g/mol. The van der Waals surface area contributed by atoms with Crippen molar-refractivity contribution in [2.24, 2.45) is 0 Å². The first-order valence-electron chi connectivity index (χ1n) is 6.48. The predicted octanol–water partition coefficient (Wildman–Crippen LogP) is 4.65. The molecule has 4 heteroatoms. The van der Waals surface area contributed by atoms with Gasteiger partial charge in [0.25, 0.3) is 0 Å². The van der Waals surface area contributed by atoms with Crippen molar-refractivity contribution in [1.82, 2.24) is 5.32 Å². The summed E-state index contributed by atoms with van der Waals surface area (Å²) in [6, 6.07) is 14.3. The van der Waals surface area contributed by atoms with Crippen molar-refractivity contribution in [1.29, 1.82) is 0 Å². The third-order valence-corrected chi connectivity index (χ3v) is 4.45. The Hall–Kier alpha value is -0.780. The number of benzene rings is 2. The Labute approximate surface area is 138 Å². The summed E-state index contributed by atoms with van der Waals surface area (Å²) in [6.07, 6.45) is 0. The number of rotatable bonds is 5. The third-order valence-electron chi connectivity index (χ3n) is 3.14. The van der Waals surface area contributed by atoms with E-state index in [-0.39, 0.29) is 6.04 Å². The molecule has 0 spiro atoms. The maximum absolute atomic E-state index is 6.42. The maximum atomic E-state index is 6.42. The summed E-state index contributed by atoms with van der Waals surface area (Å²) in [7, 11) is 1.65. The van der Waals surface area contributed by atoms with E-state index in [1.807, 2.05) is 24.3 Å². The molecule has 0 radical (unpaired) electrons. The van der Waals surface area contributed by atoms with E-state index in [0.29, 0.717) is 0 Å². The molecule has 0 aliphatic heterocycles. The van der Waals surface area contributed by atoms with Crippen LogP contribution in [0.4, 0.5) is 0 Å². The lowest BCUT2D eigenvalue weighted by Crippen LogP contribution is -2.23. The minimum Gasteiger partial charge on any atom is -0.497 e. The molecule has 0 saturated carbocycles. The first-order valence-corrected chi connectivity index (χ1v) is 7.94. The van der Waals surface area contributed by atoms with Crippen molar-refractivity contribution in [2.45, 2.75) is 13.0 Å². The van der Waals surface area contributed by atoms with E-state index in [2.05, 4.69) is 53.0 Å². The SMILES string of the molecule is CCNC(c1ccc(OC)cc1Cl)c1ccccc1I. The lowest BCUT2D eigenvalue weighted by atomic mass is 9.98. The second-order valence-corrected chi connectivity index (χ2v) is 5.97. The number of ether oxygens (including phenoxy) is 1. The first-order chi connectivity index (χ1) is 9.67. The minimum absolute atomic E-state index is 0.0894. The van der Waals surface area contributed by atoms with Gasteiger partial charge in [0.2, 0.25) is 0 Å². The molecule has 0 amide bonds. The number of methoxy groups -OCH3 is 1. The summed E-state index contributed by atoms with van der Waals surface area (Å²) in [5.41, 5.74) is 2.31. The first kappa shape index (κ1) is 15.6. The van der Waals surface area contributed by atoms with Crippen LogP contribution >= 0.6 is 34.2 Å². The normalized spacial score (nSPS) is 12.2. The highest BCUT2D eigenvalue weighted by Crippen LogP contribution is 2.33. The second kappa shape index (κ2) is 7.29. The van der Waals surface area contributed by atoms with Crippen molar-refractivity contribution >= 4 is 34.2 Å². The molecule has 20 heavy (non-hydrogen) atoms. The monoisotopic (exact) mass is 401 g/mol. The van der Waals surface area contributed by atoms with Crippen LogP contribution in [0.5, 0.6) is 5.75 Å². The third kappa shape index (κ3) is 3.45. The van der Waals surface area contributed by atoms with Crippen LogP contribution in [0.2, 0.25) is 5.02 Å². The van der Waals surface area contributed by atoms with Gasteiger partial charge in [-0.1, -0.05) is 42.8 Å². The molecule has 1 unspecified atom stereocenters. The Bertz CT molecular complexity index is 588. The molecule has 0 bridgehead atoms. The standard InChI is InChI=1S/C16H17ClINO/c1-3-19-16(13-6-4-5-7-15(13)18)12-9-8-11(20-2)10-14(12)17/h4-10,16,19H,3H2,1-2H3. The van der Waals surface area contributed by atoms with Crippen molar-refractivity contribution in [3.05, 3.63) is 62.2 Å². The van der Waals surface area contributed by atoms with Crippen LogP contribution in [0.15, 0.2) is 42.5 Å². The molecule has 0 aromatic heterocycles. The van der Waals surface area contributed by atoms with E-state index in [0.717, 1.165) is 22.9 Å². The van der Waals surface area contributed by atoms with Gasteiger partial charge < -0.3 is 10.1 Å². The van der Waals surface area contributed by atoms with Gasteiger partial charge in [0, 0.05) is 8.59 Å². The molecular formula is C16H17ClINO. The topological polar surface area (TPSA) is 21.3 Å². The van der Waals surface area contributed by atoms with Gasteiger partial charge in [-0.25, -0.2) is 0 Å². The van der Waals surface area contributed by atoms with Gasteiger partial charge in [-0.05, 0) is 58.5 Å². The van der Waals surface area contributed by atoms with Crippen LogP contribution in [0.1, 0.15) is 24.1 Å². The van der Waals surface area contributed by atoms with E-state index in [1.165, 1.54) is 9.13 Å². The minimum atomic E-state index is 0.0894. The van der Waals surface area contributed by atoms with E-state index in [9.17, 15) is 0 Å². The molecule has 2 rings (SSSR count). The molecule has 1 N–H and O–H groups in total. The van der Waals surface area contributed by atoms with Crippen LogP contribution in [0.3, 0.4) is 0 Å². The van der Waals surface area contributed by atoms with Gasteiger partial charge in [-0.3, -0.25) is 0 Å². The van der Waals surface area contributed by atoms with Gasteiger partial charge in [-0.2, -0.15) is 0 Å². The molecule has 2 aromatic rings. The number of nitrogens with one attached hydrogen (secondary N) is 1. The molecular weight excluding hydrogens is 385 g/mol. The molecule has 0 heterocycles. The van der Waals surface area contributed by atoms with Gasteiger partial charge >= 0.3 is 0 Å². The fourth-order valence-electron chi connectivity index (χ4n) is 2.17. The zero-order valence-corrected chi connectivity index (χ0v) is 14.4. The summed E-state index contributed by atoms with van der Waals surface area (Å²) >= 11 is 8.78. The van der Waals surface area contributed by atoms with Gasteiger partial charge in [0.1, 0.15) is 5.75 Å². The van der Waals surface area contributed by atoms with E-state index in [1.54, 1.807) is 7.11 Å². The fourth-order valence-corrected chi connectivity index (χ4v) is 3.15. The van der Waals surface area contributed by atoms with Crippen molar-refractivity contribution in [2.75, 3.05) is 13.7 Å². The van der Waals surface area contributed by atoms with Gasteiger partial charge in [0.15, 0.2) is 0 Å². The second-order valence-electron chi connectivity index (χ2n) is 4.40. The summed E-state index contributed by atoms with van der Waals surface area (Å²) < 4.78 is 6.44. The number of halogens is 2. The summed E-state index contributed by atoms with van der Waals surface area (Å²) in [5.74, 6) is 0.775. The number of hydrogen-bond donors (Lipinski definition) is 1. The maximum Gasteiger partial charge on any atom is 0.120 e. The van der Waals surface area contributed by atoms with Crippen molar-refractivity contribution < 1.29 is 4.74 Å². The lowest BCUT2D eigenvalue weighted by molar-refractivity contribution is 0.414. The largest absolute Gasteiger partial charge is 0.497 e. The summed E-state index contributed by atoms with van der Waals surface area (Å²) in [5, 5.41) is 4.22. The summed E-state index contributed by atoms with van der Waals surface area (Å²) in [6.45, 7) is 2.97. The zero-order valence-electron chi connectivity index (χ0n) is 11.5. The predicted molar refractivity (Wildman–Crippen MR) is 92.7 cm³/mol. The van der Waals surface area contributed by atoms with Crippen molar-refractivity contribution in [3.8, 4) is 5.75 Å². The lowest BCUT2D eigenvalue weighted by Gasteiger charge is -2.21. The molecule has 1 atom stereocenters. The smallest absolute Gasteiger partial charge is 0.120 e. The molecule has 2 aromatic carbocycles. The van der Waals surface area contributed by atoms with Crippen LogP contribution < -0.4 is 10.1 Å². The van der Waals surface area contributed by atoms with Gasteiger partial charge in [-0.15, -0.1) is 0 Å². The fraction of sp³-hybridized carbons (Fsp3) is 0.250. The van der Waals surface area contributed by atoms with Gasteiger partial charge in [0.05, 0.1) is 13.2 Å². The van der Waals surface area contributed by atoms with E-state index < -0.39 is 0 Å². The molecule has 0 fully saturated rings. The number of hydrogen-bond acceptors (Lipinski definition) is 2. The van der Waals surface area contributed by atoms with Crippen LogP contribution in [0.25, 0.3) is 0 Å². The molecule has 2 nitrogen and oxygen atoms in total. The van der Waals surface area contributed by atoms with E-state index >= 15 is 0 Å². The molecule has 0 aliphatic carbocycles. The zero-order chi connectivity index (χ0) is 14.5. The highest BCUT2D eigenvalue weighted by atomic mass is 127. The van der Waals surface area contributed by atoms with Crippen LogP contribution in [-0.4, -0.2) is 13.7 Å². The Morgan fingerprint density at radius 3 is 2.55 bits per heavy atom. The Morgan fingerprint density at radius 2 is 1.95 bits per heavy atom. The summed E-state index contributed by atoms with van der Waals surface area (Å²) in [4.78, 5) is 0. The Balaban J connectivity index is 2.46. The highest BCUT2D eigenvalue weighted by Gasteiger charge is 2.18. The van der Waals surface area contributed by atoms with Crippen LogP contribution in [0, 0.1) is 3.57 Å². The molecule has 0 saturated heterocycles.